The number of nitrogens with one attached hydrogen (secondary N) is 2. The highest BCUT2D eigenvalue weighted by molar-refractivity contribution is 5.91. The SMILES string of the molecule is Cc1coc(NC(=O)C2CC3CCC2N3)n1. The number of anilines is 1. The summed E-state index contributed by atoms with van der Waals surface area (Å²) in [4.78, 5) is 16.0. The number of hydrogen-bond acceptors (Lipinski definition) is 4. The summed E-state index contributed by atoms with van der Waals surface area (Å²) in [6.07, 6.45) is 4.78. The zero-order chi connectivity index (χ0) is 11.1. The molecule has 1 aromatic rings. The number of aryl methyl sites for hydroxylation is 1. The maximum atomic E-state index is 12.0. The average Bonchev–Trinajstić information content (AvgIpc) is 2.93. The summed E-state index contributed by atoms with van der Waals surface area (Å²) in [6, 6.07) is 1.19. The quantitative estimate of drug-likeness (QED) is 0.783. The minimum atomic E-state index is 0.0292. The molecule has 3 atom stereocenters. The third-order valence-electron chi connectivity index (χ3n) is 3.49. The van der Waals surface area contributed by atoms with Crippen molar-refractivity contribution in [3.05, 3.63) is 12.0 Å². The van der Waals surface area contributed by atoms with E-state index in [2.05, 4.69) is 15.6 Å². The Morgan fingerprint density at radius 3 is 3.06 bits per heavy atom. The smallest absolute Gasteiger partial charge is 0.301 e. The third kappa shape index (κ3) is 1.61. The van der Waals surface area contributed by atoms with Gasteiger partial charge < -0.3 is 9.73 Å². The van der Waals surface area contributed by atoms with E-state index in [0.29, 0.717) is 18.1 Å². The van der Waals surface area contributed by atoms with E-state index in [1.807, 2.05) is 6.92 Å². The summed E-state index contributed by atoms with van der Waals surface area (Å²) in [5.74, 6) is 0.104. The van der Waals surface area contributed by atoms with Gasteiger partial charge in [0.1, 0.15) is 6.26 Å². The van der Waals surface area contributed by atoms with Crippen molar-refractivity contribution in [3.63, 3.8) is 0 Å². The van der Waals surface area contributed by atoms with Crippen LogP contribution in [0.5, 0.6) is 0 Å². The van der Waals surface area contributed by atoms with Crippen LogP contribution in [-0.4, -0.2) is 23.0 Å². The molecule has 2 fully saturated rings. The van der Waals surface area contributed by atoms with Crippen molar-refractivity contribution in [2.75, 3.05) is 5.32 Å². The lowest BCUT2D eigenvalue weighted by atomic mass is 9.88. The van der Waals surface area contributed by atoms with Gasteiger partial charge in [-0.3, -0.25) is 10.1 Å². The predicted molar refractivity (Wildman–Crippen MR) is 57.9 cm³/mol. The van der Waals surface area contributed by atoms with Crippen molar-refractivity contribution in [1.29, 1.82) is 0 Å². The van der Waals surface area contributed by atoms with E-state index in [1.165, 1.54) is 12.7 Å². The van der Waals surface area contributed by atoms with Crippen LogP contribution >= 0.6 is 0 Å². The topological polar surface area (TPSA) is 67.2 Å². The number of nitrogens with zero attached hydrogens (tertiary/aromatic N) is 1. The number of carbonyl (C=O) groups excluding carboxylic acids is 1. The van der Waals surface area contributed by atoms with Gasteiger partial charge in [0, 0.05) is 12.1 Å². The van der Waals surface area contributed by atoms with Crippen LogP contribution in [0.25, 0.3) is 0 Å². The van der Waals surface area contributed by atoms with Crippen molar-refractivity contribution in [2.24, 2.45) is 5.92 Å². The fourth-order valence-electron chi connectivity index (χ4n) is 2.72. The van der Waals surface area contributed by atoms with Crippen LogP contribution in [0.3, 0.4) is 0 Å². The molecule has 2 aliphatic heterocycles. The molecule has 2 aliphatic rings. The second-order valence-electron chi connectivity index (χ2n) is 4.67. The molecule has 3 rings (SSSR count). The van der Waals surface area contributed by atoms with Crippen LogP contribution in [0.2, 0.25) is 0 Å². The van der Waals surface area contributed by atoms with Crippen LogP contribution in [-0.2, 0) is 4.79 Å². The summed E-state index contributed by atoms with van der Waals surface area (Å²) in [7, 11) is 0. The summed E-state index contributed by atoms with van der Waals surface area (Å²) in [5, 5.41) is 6.17. The lowest BCUT2D eigenvalue weighted by molar-refractivity contribution is -0.120. The van der Waals surface area contributed by atoms with Gasteiger partial charge in [-0.15, -0.1) is 0 Å². The number of hydrogen-bond donors (Lipinski definition) is 2. The summed E-state index contributed by atoms with van der Waals surface area (Å²) in [5.41, 5.74) is 0.779. The first-order valence-electron chi connectivity index (χ1n) is 5.71. The number of oxazole rings is 1. The lowest BCUT2D eigenvalue weighted by Crippen LogP contribution is -2.32. The van der Waals surface area contributed by atoms with Crippen LogP contribution < -0.4 is 10.6 Å². The Labute approximate surface area is 93.6 Å². The normalized spacial score (nSPS) is 31.9. The van der Waals surface area contributed by atoms with Crippen LogP contribution in [0.1, 0.15) is 25.0 Å². The molecule has 2 N–H and O–H groups in total. The van der Waals surface area contributed by atoms with Gasteiger partial charge in [0.25, 0.3) is 0 Å². The molecule has 3 unspecified atom stereocenters. The molecule has 0 aliphatic carbocycles. The van der Waals surface area contributed by atoms with Crippen molar-refractivity contribution >= 4 is 11.9 Å². The molecule has 0 saturated carbocycles. The monoisotopic (exact) mass is 221 g/mol. The lowest BCUT2D eigenvalue weighted by Gasteiger charge is -2.17. The van der Waals surface area contributed by atoms with E-state index >= 15 is 0 Å². The molecule has 1 aromatic heterocycles. The van der Waals surface area contributed by atoms with Crippen LogP contribution in [0, 0.1) is 12.8 Å². The molecule has 0 aromatic carbocycles. The van der Waals surface area contributed by atoms with E-state index in [9.17, 15) is 4.79 Å². The highest BCUT2D eigenvalue weighted by Crippen LogP contribution is 2.33. The number of aromatic nitrogens is 1. The molecular formula is C11H15N3O2. The van der Waals surface area contributed by atoms with Crippen LogP contribution in [0.4, 0.5) is 6.01 Å². The van der Waals surface area contributed by atoms with Gasteiger partial charge >= 0.3 is 6.01 Å². The Kier molecular flexibility index (Phi) is 2.21. The highest BCUT2D eigenvalue weighted by atomic mass is 16.4. The maximum absolute atomic E-state index is 12.0. The van der Waals surface area contributed by atoms with Gasteiger partial charge in [-0.25, -0.2) is 0 Å². The molecule has 5 heteroatoms. The first kappa shape index (κ1) is 9.84. The van der Waals surface area contributed by atoms with E-state index < -0.39 is 0 Å². The molecule has 86 valence electrons. The fraction of sp³-hybridized carbons (Fsp3) is 0.636. The number of fused-ring (bicyclic) bond motifs is 2. The highest BCUT2D eigenvalue weighted by Gasteiger charge is 2.42. The van der Waals surface area contributed by atoms with Crippen LogP contribution in [0.15, 0.2) is 10.7 Å². The first-order chi connectivity index (χ1) is 7.72. The Bertz CT molecular complexity index is 415. The molecule has 3 heterocycles. The summed E-state index contributed by atoms with van der Waals surface area (Å²) < 4.78 is 5.11. The molecular weight excluding hydrogens is 206 g/mol. The molecule has 5 nitrogen and oxygen atoms in total. The van der Waals surface area contributed by atoms with Gasteiger partial charge in [-0.2, -0.15) is 4.98 Å². The fourth-order valence-corrected chi connectivity index (χ4v) is 2.72. The number of rotatable bonds is 2. The number of carbonyl (C=O) groups is 1. The van der Waals surface area contributed by atoms with Crippen molar-refractivity contribution < 1.29 is 9.21 Å². The van der Waals surface area contributed by atoms with Gasteiger partial charge in [-0.05, 0) is 26.2 Å². The molecule has 0 radical (unpaired) electrons. The van der Waals surface area contributed by atoms with E-state index in [0.717, 1.165) is 18.5 Å². The second-order valence-corrected chi connectivity index (χ2v) is 4.67. The molecule has 1 amide bonds. The maximum Gasteiger partial charge on any atom is 0.301 e. The second kappa shape index (κ2) is 3.59. The summed E-state index contributed by atoms with van der Waals surface area (Å²) >= 11 is 0. The Morgan fingerprint density at radius 2 is 2.50 bits per heavy atom. The molecule has 2 bridgehead atoms. The third-order valence-corrected chi connectivity index (χ3v) is 3.49. The average molecular weight is 221 g/mol. The van der Waals surface area contributed by atoms with Gasteiger partial charge in [0.05, 0.1) is 11.6 Å². The molecule has 16 heavy (non-hydrogen) atoms. The van der Waals surface area contributed by atoms with E-state index in [1.54, 1.807) is 0 Å². The van der Waals surface area contributed by atoms with Gasteiger partial charge in [0.15, 0.2) is 0 Å². The van der Waals surface area contributed by atoms with Gasteiger partial charge in [0.2, 0.25) is 5.91 Å². The van der Waals surface area contributed by atoms with Crippen molar-refractivity contribution in [1.82, 2.24) is 10.3 Å². The molecule has 0 spiro atoms. The first-order valence-corrected chi connectivity index (χ1v) is 5.71. The number of amides is 1. The predicted octanol–water partition coefficient (Wildman–Crippen LogP) is 1.06. The van der Waals surface area contributed by atoms with Gasteiger partial charge in [-0.1, -0.05) is 0 Å². The zero-order valence-corrected chi connectivity index (χ0v) is 9.19. The largest absolute Gasteiger partial charge is 0.432 e. The Hall–Kier alpha value is -1.36. The van der Waals surface area contributed by atoms with E-state index in [-0.39, 0.29) is 11.8 Å². The summed E-state index contributed by atoms with van der Waals surface area (Å²) in [6.45, 7) is 1.83. The van der Waals surface area contributed by atoms with Crippen molar-refractivity contribution in [3.8, 4) is 0 Å². The zero-order valence-electron chi connectivity index (χ0n) is 9.19. The van der Waals surface area contributed by atoms with Crippen molar-refractivity contribution in [2.45, 2.75) is 38.3 Å². The minimum absolute atomic E-state index is 0.0292. The minimum Gasteiger partial charge on any atom is -0.432 e. The Morgan fingerprint density at radius 1 is 1.62 bits per heavy atom. The van der Waals surface area contributed by atoms with E-state index in [4.69, 9.17) is 4.42 Å². The standard InChI is InChI=1S/C11H15N3O2/c1-6-5-16-11(12-6)14-10(15)8-4-7-2-3-9(8)13-7/h5,7-9,13H,2-4H2,1H3,(H,12,14,15). The molecule has 2 saturated heterocycles. The Balaban J connectivity index is 1.65.